The van der Waals surface area contributed by atoms with Crippen LogP contribution >= 0.6 is 0 Å². The van der Waals surface area contributed by atoms with Crippen LogP contribution in [0.1, 0.15) is 73.1 Å². The maximum Gasteiger partial charge on any atom is 0.259 e. The summed E-state index contributed by atoms with van der Waals surface area (Å²) in [6.45, 7) is 5.34. The van der Waals surface area contributed by atoms with Crippen LogP contribution in [0.2, 0.25) is 0 Å². The fourth-order valence-corrected chi connectivity index (χ4v) is 2.72. The van der Waals surface area contributed by atoms with Gasteiger partial charge in [-0.05, 0) is 44.2 Å². The molecule has 6 heteroatoms. The number of unbranched alkanes of at least 4 members (excludes halogenated alkanes) is 1. The number of carbonyl (C=O) groups excluding carboxylic acids is 1. The van der Waals surface area contributed by atoms with Crippen molar-refractivity contribution >= 4 is 17.0 Å². The third-order valence-corrected chi connectivity index (χ3v) is 4.20. The van der Waals surface area contributed by atoms with Gasteiger partial charge in [0.2, 0.25) is 0 Å². The first kappa shape index (κ1) is 15.9. The van der Waals surface area contributed by atoms with Gasteiger partial charge in [-0.2, -0.15) is 0 Å². The lowest BCUT2D eigenvalue weighted by Crippen LogP contribution is -2.25. The molecule has 1 saturated carbocycles. The van der Waals surface area contributed by atoms with E-state index >= 15 is 0 Å². The first-order valence-electron chi connectivity index (χ1n) is 8.40. The number of nitrogens with two attached hydrogens (primary N) is 1. The van der Waals surface area contributed by atoms with Gasteiger partial charge in [-0.15, -0.1) is 0 Å². The highest BCUT2D eigenvalue weighted by Gasteiger charge is 2.29. The van der Waals surface area contributed by atoms with Gasteiger partial charge in [0.15, 0.2) is 0 Å². The van der Waals surface area contributed by atoms with Gasteiger partial charge in [-0.3, -0.25) is 4.79 Å². The van der Waals surface area contributed by atoms with E-state index in [4.69, 9.17) is 10.3 Å². The van der Waals surface area contributed by atoms with Crippen LogP contribution in [-0.2, 0) is 0 Å². The van der Waals surface area contributed by atoms with Crippen molar-refractivity contribution in [1.82, 2.24) is 15.5 Å². The van der Waals surface area contributed by atoms with Gasteiger partial charge in [-0.1, -0.05) is 19.0 Å². The van der Waals surface area contributed by atoms with Crippen LogP contribution in [0.25, 0.3) is 11.1 Å². The number of nitrogens with zero attached hydrogens (tertiary/aromatic N) is 2. The average molecular weight is 316 g/mol. The molecule has 23 heavy (non-hydrogen) atoms. The highest BCUT2D eigenvalue weighted by atomic mass is 16.5. The molecule has 2 aromatic rings. The zero-order valence-electron chi connectivity index (χ0n) is 13.8. The highest BCUT2D eigenvalue weighted by Crippen LogP contribution is 2.41. The molecule has 3 N–H and O–H groups in total. The van der Waals surface area contributed by atoms with Gasteiger partial charge in [-0.25, -0.2) is 4.98 Å². The summed E-state index contributed by atoms with van der Waals surface area (Å²) >= 11 is 0. The Labute approximate surface area is 135 Å². The molecule has 2 aromatic heterocycles. The van der Waals surface area contributed by atoms with Crippen molar-refractivity contribution in [3.8, 4) is 0 Å². The van der Waals surface area contributed by atoms with Crippen LogP contribution in [0.5, 0.6) is 0 Å². The molecular formula is C17H24N4O2. The molecule has 0 spiro atoms. The maximum atomic E-state index is 12.7. The molecular weight excluding hydrogens is 292 g/mol. The molecule has 0 bridgehead atoms. The fraction of sp³-hybridized carbons (Fsp3) is 0.588. The van der Waals surface area contributed by atoms with E-state index in [-0.39, 0.29) is 11.8 Å². The monoisotopic (exact) mass is 316 g/mol. The Bertz CT molecular complexity index is 704. The second kappa shape index (κ2) is 6.66. The molecule has 1 fully saturated rings. The molecule has 1 amide bonds. The van der Waals surface area contributed by atoms with E-state index in [1.165, 1.54) is 0 Å². The van der Waals surface area contributed by atoms with Gasteiger partial charge in [0, 0.05) is 18.2 Å². The molecule has 3 rings (SSSR count). The Balaban J connectivity index is 1.94. The zero-order chi connectivity index (χ0) is 16.4. The van der Waals surface area contributed by atoms with Gasteiger partial charge in [0.05, 0.1) is 16.6 Å². The first-order chi connectivity index (χ1) is 11.1. The standard InChI is InChI=1S/C17H24N4O2/c1-10(2)15-14-12(16(22)19-8-4-3-7-18)9-13(11-5-6-11)20-17(14)23-21-15/h9-11H,3-8,18H2,1-2H3,(H,19,22). The lowest BCUT2D eigenvalue weighted by molar-refractivity contribution is 0.0954. The summed E-state index contributed by atoms with van der Waals surface area (Å²) in [5, 5.41) is 7.86. The summed E-state index contributed by atoms with van der Waals surface area (Å²) in [7, 11) is 0. The number of pyridine rings is 1. The van der Waals surface area contributed by atoms with Crippen molar-refractivity contribution in [3.05, 3.63) is 23.0 Å². The summed E-state index contributed by atoms with van der Waals surface area (Å²) in [6, 6.07) is 1.92. The molecule has 0 radical (unpaired) electrons. The number of rotatable bonds is 7. The summed E-state index contributed by atoms with van der Waals surface area (Å²) in [6.07, 6.45) is 4.04. The molecule has 0 atom stereocenters. The summed E-state index contributed by atoms with van der Waals surface area (Å²) in [4.78, 5) is 17.2. The minimum atomic E-state index is -0.0820. The van der Waals surface area contributed by atoms with E-state index in [2.05, 4.69) is 15.5 Å². The first-order valence-corrected chi connectivity index (χ1v) is 8.40. The van der Waals surface area contributed by atoms with E-state index in [9.17, 15) is 4.79 Å². The summed E-state index contributed by atoms with van der Waals surface area (Å²) < 4.78 is 5.41. The second-order valence-corrected chi connectivity index (χ2v) is 6.52. The van der Waals surface area contributed by atoms with Crippen LogP contribution in [-0.4, -0.2) is 29.1 Å². The number of hydrogen-bond donors (Lipinski definition) is 2. The second-order valence-electron chi connectivity index (χ2n) is 6.52. The lowest BCUT2D eigenvalue weighted by Gasteiger charge is -2.09. The largest absolute Gasteiger partial charge is 0.352 e. The smallest absolute Gasteiger partial charge is 0.259 e. The minimum Gasteiger partial charge on any atom is -0.352 e. The molecule has 6 nitrogen and oxygen atoms in total. The van der Waals surface area contributed by atoms with Gasteiger partial charge < -0.3 is 15.6 Å². The van der Waals surface area contributed by atoms with Gasteiger partial charge >= 0.3 is 0 Å². The molecule has 1 aliphatic rings. The number of nitrogens with one attached hydrogen (secondary N) is 1. The van der Waals surface area contributed by atoms with Crippen molar-refractivity contribution in [3.63, 3.8) is 0 Å². The Morgan fingerprint density at radius 3 is 2.87 bits per heavy atom. The topological polar surface area (TPSA) is 94.0 Å². The van der Waals surface area contributed by atoms with Crippen LogP contribution in [0.3, 0.4) is 0 Å². The van der Waals surface area contributed by atoms with Crippen LogP contribution in [0, 0.1) is 0 Å². The molecule has 1 aliphatic carbocycles. The number of amides is 1. The summed E-state index contributed by atoms with van der Waals surface area (Å²) in [5.41, 5.74) is 8.33. The van der Waals surface area contributed by atoms with Crippen molar-refractivity contribution < 1.29 is 9.32 Å². The Morgan fingerprint density at radius 1 is 1.43 bits per heavy atom. The fourth-order valence-electron chi connectivity index (χ4n) is 2.72. The average Bonchev–Trinajstić information content (AvgIpc) is 3.29. The number of fused-ring (bicyclic) bond motifs is 1. The molecule has 0 saturated heterocycles. The van der Waals surface area contributed by atoms with Crippen molar-refractivity contribution in [2.45, 2.75) is 51.4 Å². The normalized spacial score (nSPS) is 14.6. The van der Waals surface area contributed by atoms with E-state index in [1.807, 2.05) is 19.9 Å². The molecule has 0 aromatic carbocycles. The molecule has 2 heterocycles. The van der Waals surface area contributed by atoms with Crippen LogP contribution in [0.15, 0.2) is 10.6 Å². The van der Waals surface area contributed by atoms with Gasteiger partial charge in [0.1, 0.15) is 0 Å². The van der Waals surface area contributed by atoms with Gasteiger partial charge in [0.25, 0.3) is 11.6 Å². The van der Waals surface area contributed by atoms with Crippen LogP contribution in [0.4, 0.5) is 0 Å². The van der Waals surface area contributed by atoms with Crippen molar-refractivity contribution in [1.29, 1.82) is 0 Å². The third kappa shape index (κ3) is 3.37. The number of carbonyl (C=O) groups is 1. The summed E-state index contributed by atoms with van der Waals surface area (Å²) in [5.74, 6) is 0.547. The maximum absolute atomic E-state index is 12.7. The Hall–Kier alpha value is -1.95. The Morgan fingerprint density at radius 2 is 2.22 bits per heavy atom. The molecule has 124 valence electrons. The SMILES string of the molecule is CC(C)c1noc2nc(C3CC3)cc(C(=O)NCCCCN)c12. The highest BCUT2D eigenvalue weighted by molar-refractivity contribution is 6.06. The van der Waals surface area contributed by atoms with Crippen molar-refractivity contribution in [2.75, 3.05) is 13.1 Å². The quantitative estimate of drug-likeness (QED) is 0.766. The number of aromatic nitrogens is 2. The van der Waals surface area contributed by atoms with E-state index in [0.717, 1.165) is 42.5 Å². The van der Waals surface area contributed by atoms with E-state index in [1.54, 1.807) is 0 Å². The van der Waals surface area contributed by atoms with E-state index < -0.39 is 0 Å². The van der Waals surface area contributed by atoms with Crippen LogP contribution < -0.4 is 11.1 Å². The van der Waals surface area contributed by atoms with Crippen molar-refractivity contribution in [2.24, 2.45) is 5.73 Å². The lowest BCUT2D eigenvalue weighted by atomic mass is 10.0. The predicted molar refractivity (Wildman–Crippen MR) is 88.5 cm³/mol. The predicted octanol–water partition coefficient (Wildman–Crippen LogP) is 2.69. The van der Waals surface area contributed by atoms with E-state index in [0.29, 0.717) is 30.3 Å². The molecule has 0 aliphatic heterocycles. The third-order valence-electron chi connectivity index (χ3n) is 4.20. The zero-order valence-corrected chi connectivity index (χ0v) is 13.8. The Kier molecular flexibility index (Phi) is 4.61. The molecule has 0 unspecified atom stereocenters. The minimum absolute atomic E-state index is 0.0820. The number of hydrogen-bond acceptors (Lipinski definition) is 5.